The number of nitrogens with zero attached hydrogens (tertiary/aromatic N) is 6. The van der Waals surface area contributed by atoms with Crippen LogP contribution < -0.4 is 4.74 Å². The Balaban J connectivity index is 0.000000231. The molecule has 0 aliphatic carbocycles. The van der Waals surface area contributed by atoms with Crippen LogP contribution in [0.1, 0.15) is 71.6 Å². The fourth-order valence-corrected chi connectivity index (χ4v) is 5.20. The van der Waals surface area contributed by atoms with E-state index in [-0.39, 0.29) is 53.4 Å². The summed E-state index contributed by atoms with van der Waals surface area (Å²) in [4.78, 5) is 30.2. The highest BCUT2D eigenvalue weighted by Gasteiger charge is 2.16. The van der Waals surface area contributed by atoms with Gasteiger partial charge < -0.3 is 20.1 Å². The van der Waals surface area contributed by atoms with Gasteiger partial charge in [-0.1, -0.05) is 24.3 Å². The van der Waals surface area contributed by atoms with E-state index in [1.807, 2.05) is 45.8 Å². The SMILES string of the molecule is CC(C)n1nccc1-c1ncccc1CCl.CC(C)n1nccc1-c1ncccc1COc1cccc(O)c1C=O.Cl.O=Cc1c(O)cccc1O. The van der Waals surface area contributed by atoms with Gasteiger partial charge in [0.15, 0.2) is 12.6 Å². The summed E-state index contributed by atoms with van der Waals surface area (Å²) in [6, 6.07) is 20.9. The van der Waals surface area contributed by atoms with E-state index in [1.54, 1.807) is 36.9 Å². The zero-order valence-electron chi connectivity index (χ0n) is 29.0. The Morgan fingerprint density at radius 1 is 0.654 bits per heavy atom. The molecular formula is C38H40Cl2N6O6. The van der Waals surface area contributed by atoms with Crippen molar-refractivity contribution in [3.05, 3.63) is 120 Å². The number of phenols is 3. The molecule has 2 aromatic carbocycles. The van der Waals surface area contributed by atoms with Gasteiger partial charge in [0, 0.05) is 48.3 Å². The summed E-state index contributed by atoms with van der Waals surface area (Å²) in [5.74, 6) is 0.302. The van der Waals surface area contributed by atoms with Crippen molar-refractivity contribution in [2.45, 2.75) is 52.3 Å². The molecule has 0 aliphatic heterocycles. The minimum Gasteiger partial charge on any atom is -0.507 e. The zero-order chi connectivity index (χ0) is 36.9. The number of rotatable bonds is 10. The Hall–Kier alpha value is -5.72. The molecule has 52 heavy (non-hydrogen) atoms. The highest BCUT2D eigenvalue weighted by atomic mass is 35.5. The Kier molecular flexibility index (Phi) is 15.4. The molecule has 0 saturated carbocycles. The van der Waals surface area contributed by atoms with Crippen LogP contribution in [0.25, 0.3) is 22.8 Å². The van der Waals surface area contributed by atoms with Gasteiger partial charge >= 0.3 is 0 Å². The average molecular weight is 748 g/mol. The maximum absolute atomic E-state index is 11.2. The van der Waals surface area contributed by atoms with E-state index in [9.17, 15) is 14.7 Å². The molecule has 4 aromatic heterocycles. The number of halogens is 2. The molecule has 0 atom stereocenters. The molecule has 0 bridgehead atoms. The normalized spacial score (nSPS) is 10.4. The van der Waals surface area contributed by atoms with Gasteiger partial charge in [-0.05, 0) is 81.8 Å². The molecule has 0 radical (unpaired) electrons. The Morgan fingerprint density at radius 2 is 1.12 bits per heavy atom. The molecule has 12 nitrogen and oxygen atoms in total. The molecule has 6 aromatic rings. The standard InChI is InChI=1S/C19H19N3O3.C12H14ClN3.C7H6O3.ClH/c1-13(2)22-16(8-10-21-22)19-14(5-4-9-20-19)12-25-18-7-3-6-17(24)15(18)11-23;1-9(2)16-11(5-7-15-16)12-10(8-13)4-3-6-14-12;8-4-5-6(9)2-1-3-7(5)10;/h3-11,13,24H,12H2,1-2H3;3-7,9H,8H2,1-2H3;1-4,9-10H;1H. The van der Waals surface area contributed by atoms with Crippen molar-refractivity contribution in [3.8, 4) is 45.8 Å². The fourth-order valence-electron chi connectivity index (χ4n) is 4.98. The number of aldehydes is 2. The second-order valence-corrected chi connectivity index (χ2v) is 11.9. The van der Waals surface area contributed by atoms with Gasteiger partial charge in [0.1, 0.15) is 29.6 Å². The minimum absolute atomic E-state index is 0. The van der Waals surface area contributed by atoms with Crippen LogP contribution in [0.2, 0.25) is 0 Å². The fraction of sp³-hybridized carbons (Fsp3) is 0.211. The second kappa shape index (κ2) is 19.6. The van der Waals surface area contributed by atoms with Crippen LogP contribution in [0, 0.1) is 0 Å². The lowest BCUT2D eigenvalue weighted by atomic mass is 10.1. The molecule has 0 saturated heterocycles. The molecule has 0 amide bonds. The smallest absolute Gasteiger partial charge is 0.157 e. The van der Waals surface area contributed by atoms with Gasteiger partial charge in [-0.15, -0.1) is 24.0 Å². The highest BCUT2D eigenvalue weighted by molar-refractivity contribution is 6.17. The van der Waals surface area contributed by atoms with Crippen LogP contribution in [0.5, 0.6) is 23.0 Å². The van der Waals surface area contributed by atoms with E-state index < -0.39 is 0 Å². The third-order valence-corrected chi connectivity index (χ3v) is 7.74. The van der Waals surface area contributed by atoms with Crippen molar-refractivity contribution in [2.75, 3.05) is 0 Å². The predicted octanol–water partition coefficient (Wildman–Crippen LogP) is 8.22. The summed E-state index contributed by atoms with van der Waals surface area (Å²) < 4.78 is 9.63. The van der Waals surface area contributed by atoms with Crippen LogP contribution in [0.3, 0.4) is 0 Å². The lowest BCUT2D eigenvalue weighted by Crippen LogP contribution is -2.08. The van der Waals surface area contributed by atoms with Gasteiger partial charge in [0.05, 0.1) is 33.9 Å². The van der Waals surface area contributed by atoms with Gasteiger partial charge in [0.2, 0.25) is 0 Å². The van der Waals surface area contributed by atoms with Gasteiger partial charge in [-0.25, -0.2) is 0 Å². The first-order valence-electron chi connectivity index (χ1n) is 16.0. The summed E-state index contributed by atoms with van der Waals surface area (Å²) in [5.41, 5.74) is 5.59. The van der Waals surface area contributed by atoms with Crippen molar-refractivity contribution in [2.24, 2.45) is 0 Å². The first-order chi connectivity index (χ1) is 24.6. The van der Waals surface area contributed by atoms with E-state index in [0.29, 0.717) is 30.2 Å². The number of aromatic nitrogens is 6. The highest BCUT2D eigenvalue weighted by Crippen LogP contribution is 2.29. The summed E-state index contributed by atoms with van der Waals surface area (Å²) in [7, 11) is 0. The third-order valence-electron chi connectivity index (χ3n) is 7.45. The number of benzene rings is 2. The van der Waals surface area contributed by atoms with Crippen molar-refractivity contribution in [3.63, 3.8) is 0 Å². The Bertz CT molecular complexity index is 2040. The van der Waals surface area contributed by atoms with Crippen LogP contribution in [0.4, 0.5) is 0 Å². The largest absolute Gasteiger partial charge is 0.507 e. The van der Waals surface area contributed by atoms with Crippen molar-refractivity contribution < 1.29 is 29.6 Å². The first-order valence-corrected chi connectivity index (χ1v) is 16.5. The van der Waals surface area contributed by atoms with E-state index in [4.69, 9.17) is 26.6 Å². The lowest BCUT2D eigenvalue weighted by Gasteiger charge is -2.14. The van der Waals surface area contributed by atoms with Gasteiger partial charge in [-0.2, -0.15) is 10.2 Å². The summed E-state index contributed by atoms with van der Waals surface area (Å²) >= 11 is 5.91. The molecule has 0 spiro atoms. The number of ether oxygens (including phenoxy) is 1. The van der Waals surface area contributed by atoms with Crippen LogP contribution in [0.15, 0.2) is 97.6 Å². The van der Waals surface area contributed by atoms with E-state index >= 15 is 0 Å². The second-order valence-electron chi connectivity index (χ2n) is 11.6. The molecule has 14 heteroatoms. The van der Waals surface area contributed by atoms with E-state index in [0.717, 1.165) is 33.9 Å². The number of alkyl halides is 1. The number of phenolic OH excluding ortho intramolecular Hbond substituents is 3. The lowest BCUT2D eigenvalue weighted by molar-refractivity contribution is 0.110. The molecule has 6 rings (SSSR count). The van der Waals surface area contributed by atoms with Crippen molar-refractivity contribution in [1.82, 2.24) is 29.5 Å². The number of pyridine rings is 2. The summed E-state index contributed by atoms with van der Waals surface area (Å²) in [6.45, 7) is 8.52. The van der Waals surface area contributed by atoms with Crippen LogP contribution >= 0.6 is 24.0 Å². The third kappa shape index (κ3) is 9.95. The van der Waals surface area contributed by atoms with Crippen molar-refractivity contribution >= 4 is 36.6 Å². The topological polar surface area (TPSA) is 165 Å². The van der Waals surface area contributed by atoms with E-state index in [1.165, 1.54) is 24.3 Å². The van der Waals surface area contributed by atoms with Crippen molar-refractivity contribution in [1.29, 1.82) is 0 Å². The summed E-state index contributed by atoms with van der Waals surface area (Å²) in [5, 5.41) is 36.2. The predicted molar refractivity (Wildman–Crippen MR) is 201 cm³/mol. The number of carbonyl (C=O) groups is 2. The number of hydrogen-bond acceptors (Lipinski definition) is 10. The molecule has 3 N–H and O–H groups in total. The molecule has 0 fully saturated rings. The molecule has 0 aliphatic rings. The average Bonchev–Trinajstić information content (AvgIpc) is 3.83. The minimum atomic E-state index is -0.199. The maximum Gasteiger partial charge on any atom is 0.157 e. The molecule has 0 unspecified atom stereocenters. The molecule has 272 valence electrons. The number of aromatic hydroxyl groups is 3. The van der Waals surface area contributed by atoms with Gasteiger partial charge in [0.25, 0.3) is 0 Å². The van der Waals surface area contributed by atoms with Gasteiger partial charge in [-0.3, -0.25) is 28.9 Å². The van der Waals surface area contributed by atoms with E-state index in [2.05, 4.69) is 47.9 Å². The number of carbonyl (C=O) groups excluding carboxylic acids is 2. The molecular weight excluding hydrogens is 707 g/mol. The maximum atomic E-state index is 11.2. The first kappa shape index (κ1) is 40.7. The zero-order valence-corrected chi connectivity index (χ0v) is 30.6. The quantitative estimate of drug-likeness (QED) is 0.0918. The molecule has 4 heterocycles. The monoisotopic (exact) mass is 746 g/mol. The van der Waals surface area contributed by atoms with Crippen LogP contribution in [-0.2, 0) is 12.5 Å². The Labute approximate surface area is 312 Å². The summed E-state index contributed by atoms with van der Waals surface area (Å²) in [6.07, 6.45) is 8.04. The Morgan fingerprint density at radius 3 is 1.58 bits per heavy atom. The van der Waals surface area contributed by atoms with Crippen LogP contribution in [-0.4, -0.2) is 57.4 Å². The number of hydrogen-bond donors (Lipinski definition) is 3.